The molecule has 13 heavy (non-hydrogen) atoms. The first kappa shape index (κ1) is 10.7. The van der Waals surface area contributed by atoms with Crippen molar-refractivity contribution in [3.05, 3.63) is 16.4 Å². The van der Waals surface area contributed by atoms with Gasteiger partial charge in [-0.25, -0.2) is 0 Å². The fraction of sp³-hybridized carbons (Fsp3) is 0.667. The van der Waals surface area contributed by atoms with Crippen LogP contribution in [0.25, 0.3) is 0 Å². The van der Waals surface area contributed by atoms with Crippen molar-refractivity contribution in [1.82, 2.24) is 9.78 Å². The molecule has 0 saturated heterocycles. The van der Waals surface area contributed by atoms with E-state index in [-0.39, 0.29) is 0 Å². The van der Waals surface area contributed by atoms with Crippen LogP contribution in [0, 0.1) is 0 Å². The molecule has 0 bridgehead atoms. The van der Waals surface area contributed by atoms with E-state index in [2.05, 4.69) is 34.9 Å². The largest absolute Gasteiger partial charge is 0.372 e. The normalized spacial score (nSPS) is 13.2. The predicted octanol–water partition coefficient (Wildman–Crippen LogP) is 2.50. The first-order chi connectivity index (χ1) is 6.13. The molecule has 0 unspecified atom stereocenters. The Balaban J connectivity index is 2.49. The van der Waals surface area contributed by atoms with Crippen LogP contribution in [-0.2, 0) is 18.4 Å². The molecule has 1 atom stereocenters. The van der Waals surface area contributed by atoms with E-state index in [9.17, 15) is 0 Å². The third kappa shape index (κ3) is 3.12. The fourth-order valence-electron chi connectivity index (χ4n) is 0.942. The summed E-state index contributed by atoms with van der Waals surface area (Å²) >= 11 is 3.43. The molecule has 0 N–H and O–H groups in total. The third-order valence-electron chi connectivity index (χ3n) is 1.93. The minimum atomic E-state index is 0.300. The first-order valence-corrected chi connectivity index (χ1v) is 5.22. The Labute approximate surface area is 87.2 Å². The Morgan fingerprint density at radius 1 is 1.69 bits per heavy atom. The number of rotatable bonds is 4. The second-order valence-electron chi connectivity index (χ2n) is 3.13. The maximum absolute atomic E-state index is 5.57. The quantitative estimate of drug-likeness (QED) is 0.817. The summed E-state index contributed by atoms with van der Waals surface area (Å²) in [5, 5.41) is 4.26. The second-order valence-corrected chi connectivity index (χ2v) is 3.98. The van der Waals surface area contributed by atoms with Gasteiger partial charge in [0.1, 0.15) is 5.69 Å². The van der Waals surface area contributed by atoms with Gasteiger partial charge in [-0.1, -0.05) is 6.92 Å². The van der Waals surface area contributed by atoms with E-state index in [4.69, 9.17) is 4.74 Å². The van der Waals surface area contributed by atoms with Gasteiger partial charge in [-0.05, 0) is 29.3 Å². The highest BCUT2D eigenvalue weighted by atomic mass is 79.9. The van der Waals surface area contributed by atoms with Gasteiger partial charge in [0.2, 0.25) is 0 Å². The van der Waals surface area contributed by atoms with Crippen LogP contribution >= 0.6 is 15.9 Å². The molecule has 1 aromatic rings. The maximum atomic E-state index is 5.57. The van der Waals surface area contributed by atoms with Crippen LogP contribution < -0.4 is 0 Å². The molecule has 0 radical (unpaired) electrons. The number of hydrogen-bond acceptors (Lipinski definition) is 2. The van der Waals surface area contributed by atoms with Crippen LogP contribution in [-0.4, -0.2) is 15.9 Å². The maximum Gasteiger partial charge on any atom is 0.102 e. The molecule has 1 aromatic heterocycles. The summed E-state index contributed by atoms with van der Waals surface area (Å²) in [7, 11) is 1.90. The van der Waals surface area contributed by atoms with Crippen molar-refractivity contribution in [2.75, 3.05) is 0 Å². The molecule has 4 heteroatoms. The van der Waals surface area contributed by atoms with Crippen molar-refractivity contribution in [2.24, 2.45) is 7.05 Å². The third-order valence-corrected chi connectivity index (χ3v) is 2.60. The molecule has 3 nitrogen and oxygen atoms in total. The van der Waals surface area contributed by atoms with E-state index in [1.807, 2.05) is 13.2 Å². The number of halogens is 1. The number of ether oxygens (including phenoxy) is 1. The Hall–Kier alpha value is -0.350. The van der Waals surface area contributed by atoms with Crippen molar-refractivity contribution in [1.29, 1.82) is 0 Å². The molecule has 0 saturated carbocycles. The number of aromatic nitrogens is 2. The average molecular weight is 247 g/mol. The van der Waals surface area contributed by atoms with E-state index in [1.54, 1.807) is 4.68 Å². The summed E-state index contributed by atoms with van der Waals surface area (Å²) < 4.78 is 8.35. The fourth-order valence-corrected chi connectivity index (χ4v) is 1.43. The summed E-state index contributed by atoms with van der Waals surface area (Å²) in [6.07, 6.45) is 3.26. The van der Waals surface area contributed by atoms with Gasteiger partial charge in [0.15, 0.2) is 0 Å². The Morgan fingerprint density at radius 2 is 2.38 bits per heavy atom. The molecule has 74 valence electrons. The molecule has 0 aliphatic carbocycles. The topological polar surface area (TPSA) is 27.1 Å². The zero-order valence-electron chi connectivity index (χ0n) is 8.25. The summed E-state index contributed by atoms with van der Waals surface area (Å²) in [5.41, 5.74) is 0.961. The van der Waals surface area contributed by atoms with Gasteiger partial charge in [0.25, 0.3) is 0 Å². The van der Waals surface area contributed by atoms with Crippen molar-refractivity contribution in [3.63, 3.8) is 0 Å². The van der Waals surface area contributed by atoms with Gasteiger partial charge in [0.05, 0.1) is 17.2 Å². The molecular formula is C9H15BrN2O. The summed E-state index contributed by atoms with van der Waals surface area (Å²) in [5.74, 6) is 0. The lowest BCUT2D eigenvalue weighted by molar-refractivity contribution is 0.0483. The molecule has 0 aliphatic rings. The van der Waals surface area contributed by atoms with Crippen LogP contribution in [0.3, 0.4) is 0 Å². The average Bonchev–Trinajstić information content (AvgIpc) is 2.41. The summed E-state index contributed by atoms with van der Waals surface area (Å²) in [6.45, 7) is 4.76. The highest BCUT2D eigenvalue weighted by Crippen LogP contribution is 2.15. The molecule has 0 fully saturated rings. The molecule has 0 amide bonds. The SMILES string of the molecule is CC[C@H](C)OCc1nn(C)cc1Br. The lowest BCUT2D eigenvalue weighted by Gasteiger charge is -2.08. The molecule has 0 spiro atoms. The predicted molar refractivity (Wildman–Crippen MR) is 55.5 cm³/mol. The van der Waals surface area contributed by atoms with Crippen LogP contribution in [0.15, 0.2) is 10.7 Å². The number of aryl methyl sites for hydroxylation is 1. The Kier molecular flexibility index (Phi) is 3.93. The van der Waals surface area contributed by atoms with Crippen LogP contribution in [0.4, 0.5) is 0 Å². The van der Waals surface area contributed by atoms with Gasteiger partial charge in [-0.15, -0.1) is 0 Å². The van der Waals surface area contributed by atoms with E-state index < -0.39 is 0 Å². The standard InChI is InChI=1S/C9H15BrN2O/c1-4-7(2)13-6-9-8(10)5-12(3)11-9/h5,7H,4,6H2,1-3H3/t7-/m0/s1. The molecule has 0 aromatic carbocycles. The molecule has 1 rings (SSSR count). The van der Waals surface area contributed by atoms with Gasteiger partial charge in [0, 0.05) is 13.2 Å². The van der Waals surface area contributed by atoms with Crippen molar-refractivity contribution in [2.45, 2.75) is 33.0 Å². The van der Waals surface area contributed by atoms with E-state index >= 15 is 0 Å². The van der Waals surface area contributed by atoms with Gasteiger partial charge in [-0.3, -0.25) is 4.68 Å². The molecule has 0 aliphatic heterocycles. The zero-order chi connectivity index (χ0) is 9.84. The van der Waals surface area contributed by atoms with Crippen molar-refractivity contribution in [3.8, 4) is 0 Å². The minimum absolute atomic E-state index is 0.300. The van der Waals surface area contributed by atoms with Gasteiger partial charge < -0.3 is 4.74 Å². The smallest absolute Gasteiger partial charge is 0.102 e. The Morgan fingerprint density at radius 3 is 2.85 bits per heavy atom. The van der Waals surface area contributed by atoms with Crippen molar-refractivity contribution < 1.29 is 4.74 Å². The highest BCUT2D eigenvalue weighted by Gasteiger charge is 2.06. The Bertz CT molecular complexity index is 273. The minimum Gasteiger partial charge on any atom is -0.372 e. The zero-order valence-corrected chi connectivity index (χ0v) is 9.84. The van der Waals surface area contributed by atoms with Gasteiger partial charge >= 0.3 is 0 Å². The highest BCUT2D eigenvalue weighted by molar-refractivity contribution is 9.10. The lowest BCUT2D eigenvalue weighted by atomic mass is 10.3. The van der Waals surface area contributed by atoms with Gasteiger partial charge in [-0.2, -0.15) is 5.10 Å². The van der Waals surface area contributed by atoms with Crippen LogP contribution in [0.2, 0.25) is 0 Å². The summed E-state index contributed by atoms with van der Waals surface area (Å²) in [6, 6.07) is 0. The molecular weight excluding hydrogens is 232 g/mol. The van der Waals surface area contributed by atoms with E-state index in [0.717, 1.165) is 16.6 Å². The van der Waals surface area contributed by atoms with E-state index in [1.165, 1.54) is 0 Å². The van der Waals surface area contributed by atoms with Crippen molar-refractivity contribution >= 4 is 15.9 Å². The second kappa shape index (κ2) is 4.77. The molecule has 1 heterocycles. The number of nitrogens with zero attached hydrogens (tertiary/aromatic N) is 2. The monoisotopic (exact) mass is 246 g/mol. The first-order valence-electron chi connectivity index (χ1n) is 4.43. The summed E-state index contributed by atoms with van der Waals surface area (Å²) in [4.78, 5) is 0. The van der Waals surface area contributed by atoms with E-state index in [0.29, 0.717) is 12.7 Å². The number of hydrogen-bond donors (Lipinski definition) is 0. The van der Waals surface area contributed by atoms with Crippen LogP contribution in [0.1, 0.15) is 26.0 Å². The lowest BCUT2D eigenvalue weighted by Crippen LogP contribution is -2.06. The van der Waals surface area contributed by atoms with Crippen LogP contribution in [0.5, 0.6) is 0 Å².